The van der Waals surface area contributed by atoms with Crippen LogP contribution in [-0.4, -0.2) is 25.7 Å². The molecule has 0 saturated carbocycles. The third-order valence-electron chi connectivity index (χ3n) is 4.09. The first-order valence-electron chi connectivity index (χ1n) is 8.24. The zero-order chi connectivity index (χ0) is 19.7. The van der Waals surface area contributed by atoms with Gasteiger partial charge in [0.2, 0.25) is 0 Å². The smallest absolute Gasteiger partial charge is 0.259 e. The molecule has 0 spiro atoms. The molecule has 0 aliphatic rings. The summed E-state index contributed by atoms with van der Waals surface area (Å²) in [5, 5.41) is 15.8. The Labute approximate surface area is 163 Å². The van der Waals surface area contributed by atoms with E-state index in [-0.39, 0.29) is 27.3 Å². The second kappa shape index (κ2) is 7.13. The Balaban J connectivity index is 1.72. The van der Waals surface area contributed by atoms with Crippen LogP contribution in [0, 0.1) is 0 Å². The lowest BCUT2D eigenvalue weighted by molar-refractivity contribution is -0.255. The molecule has 7 nitrogen and oxygen atoms in total. The van der Waals surface area contributed by atoms with Crippen LogP contribution in [0.15, 0.2) is 65.7 Å². The summed E-state index contributed by atoms with van der Waals surface area (Å²) < 4.78 is 1.69. The van der Waals surface area contributed by atoms with Gasteiger partial charge >= 0.3 is 0 Å². The van der Waals surface area contributed by atoms with E-state index in [0.29, 0.717) is 5.56 Å². The largest absolute Gasteiger partial charge is 0.545 e. The summed E-state index contributed by atoms with van der Waals surface area (Å²) in [4.78, 5) is 30.2. The number of rotatable bonds is 4. The van der Waals surface area contributed by atoms with Crippen LogP contribution < -0.4 is 10.7 Å². The van der Waals surface area contributed by atoms with Gasteiger partial charge in [0.1, 0.15) is 0 Å². The monoisotopic (exact) mass is 391 g/mol. The number of benzene rings is 2. The highest BCUT2D eigenvalue weighted by Crippen LogP contribution is 2.20. The zero-order valence-electron chi connectivity index (χ0n) is 14.3. The molecule has 1 N–H and O–H groups in total. The predicted molar refractivity (Wildman–Crippen MR) is 104 cm³/mol. The number of aromatic nitrogens is 4. The second-order valence-electron chi connectivity index (χ2n) is 5.98. The predicted octanol–water partition coefficient (Wildman–Crippen LogP) is 2.21. The molecule has 2 aromatic heterocycles. The van der Waals surface area contributed by atoms with E-state index in [9.17, 15) is 14.7 Å². The number of fused-ring (bicyclic) bond motifs is 1. The number of carbonyl (C=O) groups excluding carboxylic acids is 1. The summed E-state index contributed by atoms with van der Waals surface area (Å²) >= 11 is 6.33. The number of carboxylic acids is 1. The van der Waals surface area contributed by atoms with Gasteiger partial charge in [-0.2, -0.15) is 5.10 Å². The fourth-order valence-corrected chi connectivity index (χ4v) is 2.94. The third kappa shape index (κ3) is 3.43. The average Bonchev–Trinajstić information content (AvgIpc) is 3.16. The summed E-state index contributed by atoms with van der Waals surface area (Å²) in [7, 11) is 0. The lowest BCUT2D eigenvalue weighted by atomic mass is 10.1. The molecule has 0 radical (unpaired) electrons. The van der Waals surface area contributed by atoms with E-state index in [1.54, 1.807) is 23.2 Å². The van der Waals surface area contributed by atoms with Crippen molar-refractivity contribution >= 4 is 39.6 Å². The molecule has 0 fully saturated rings. The molecule has 2 heterocycles. The van der Waals surface area contributed by atoms with Crippen molar-refractivity contribution < 1.29 is 9.90 Å². The van der Waals surface area contributed by atoms with Crippen LogP contribution >= 0.6 is 11.6 Å². The Hall–Kier alpha value is -3.71. The van der Waals surface area contributed by atoms with Crippen molar-refractivity contribution in [2.75, 3.05) is 0 Å². The summed E-state index contributed by atoms with van der Waals surface area (Å²) in [5.41, 5.74) is 1.33. The normalized spacial score (nSPS) is 11.7. The number of hydrogen-bond donors (Lipinski definition) is 1. The molecule has 28 heavy (non-hydrogen) atoms. The van der Waals surface area contributed by atoms with E-state index in [2.05, 4.69) is 15.1 Å². The van der Waals surface area contributed by atoms with Gasteiger partial charge in [-0.15, -0.1) is 0 Å². The van der Waals surface area contributed by atoms with Gasteiger partial charge in [0.15, 0.2) is 5.82 Å². The van der Waals surface area contributed by atoms with Crippen molar-refractivity contribution in [3.63, 3.8) is 0 Å². The molecule has 2 aromatic carbocycles. The maximum absolute atomic E-state index is 12.3. The van der Waals surface area contributed by atoms with E-state index in [0.717, 1.165) is 5.69 Å². The molecule has 4 rings (SSSR count). The standard InChI is InChI=1S/C20H13ClN4O3/c21-16(8-12-10-22-25(11-12)14-4-2-1-3-5-14)18-23-17-9-13(20(27)28)6-7-15(17)19(26)24-18/h1-11H,(H,27,28)(H,23,24,26)/p-1/b16-8-. The van der Waals surface area contributed by atoms with E-state index in [1.165, 1.54) is 18.2 Å². The van der Waals surface area contributed by atoms with Crippen LogP contribution in [-0.2, 0) is 0 Å². The van der Waals surface area contributed by atoms with Gasteiger partial charge in [-0.3, -0.25) is 4.79 Å². The number of hydrogen-bond acceptors (Lipinski definition) is 5. The molecule has 0 aliphatic heterocycles. The molecule has 0 saturated heterocycles. The highest BCUT2D eigenvalue weighted by Gasteiger charge is 2.09. The summed E-state index contributed by atoms with van der Waals surface area (Å²) in [5.74, 6) is -1.22. The van der Waals surface area contributed by atoms with Gasteiger partial charge in [0, 0.05) is 11.8 Å². The maximum atomic E-state index is 12.3. The Morgan fingerprint density at radius 3 is 2.71 bits per heavy atom. The number of H-pyrrole nitrogens is 1. The quantitative estimate of drug-likeness (QED) is 0.574. The number of nitrogens with zero attached hydrogens (tertiary/aromatic N) is 3. The topological polar surface area (TPSA) is 104 Å². The van der Waals surface area contributed by atoms with Crippen LogP contribution in [0.3, 0.4) is 0 Å². The number of halogens is 1. The first-order chi connectivity index (χ1) is 13.5. The molecule has 0 unspecified atom stereocenters. The number of aromatic amines is 1. The zero-order valence-corrected chi connectivity index (χ0v) is 15.1. The Morgan fingerprint density at radius 1 is 1.18 bits per heavy atom. The molecule has 4 aromatic rings. The van der Waals surface area contributed by atoms with Crippen molar-refractivity contribution in [2.45, 2.75) is 0 Å². The minimum absolute atomic E-state index is 0.0687. The highest BCUT2D eigenvalue weighted by molar-refractivity contribution is 6.50. The second-order valence-corrected chi connectivity index (χ2v) is 6.39. The van der Waals surface area contributed by atoms with Crippen molar-refractivity contribution in [1.82, 2.24) is 19.7 Å². The van der Waals surface area contributed by atoms with Crippen molar-refractivity contribution in [3.8, 4) is 5.69 Å². The summed E-state index contributed by atoms with van der Waals surface area (Å²) in [6.45, 7) is 0. The Kier molecular flexibility index (Phi) is 4.50. The van der Waals surface area contributed by atoms with Crippen LogP contribution in [0.2, 0.25) is 0 Å². The van der Waals surface area contributed by atoms with Crippen molar-refractivity contribution in [1.29, 1.82) is 0 Å². The van der Waals surface area contributed by atoms with Crippen molar-refractivity contribution in [3.05, 3.63) is 88.2 Å². The van der Waals surface area contributed by atoms with Crippen molar-refractivity contribution in [2.24, 2.45) is 0 Å². The molecule has 0 bridgehead atoms. The first-order valence-corrected chi connectivity index (χ1v) is 8.62. The minimum Gasteiger partial charge on any atom is -0.545 e. The number of carboxylic acid groups (broad SMARTS) is 1. The van der Waals surface area contributed by atoms with Gasteiger partial charge < -0.3 is 14.9 Å². The molecular formula is C20H12ClN4O3-. The van der Waals surface area contributed by atoms with Gasteiger partial charge in [-0.1, -0.05) is 35.9 Å². The fraction of sp³-hybridized carbons (Fsp3) is 0. The minimum atomic E-state index is -1.35. The number of carbonyl (C=O) groups is 1. The maximum Gasteiger partial charge on any atom is 0.259 e. The molecule has 0 amide bonds. The van der Waals surface area contributed by atoms with Gasteiger partial charge in [0.25, 0.3) is 5.56 Å². The van der Waals surface area contributed by atoms with Gasteiger partial charge in [-0.25, -0.2) is 9.67 Å². The molecule has 8 heteroatoms. The summed E-state index contributed by atoms with van der Waals surface area (Å²) in [6.07, 6.45) is 5.02. The highest BCUT2D eigenvalue weighted by atomic mass is 35.5. The SMILES string of the molecule is O=C([O-])c1ccc2c(=O)[nH]c(/C(Cl)=C/c3cnn(-c4ccccc4)c3)nc2c1. The molecule has 0 atom stereocenters. The van der Waals surface area contributed by atoms with Crippen LogP contribution in [0.5, 0.6) is 0 Å². The van der Waals surface area contributed by atoms with Gasteiger partial charge in [0.05, 0.1) is 33.8 Å². The fourth-order valence-electron chi connectivity index (χ4n) is 2.73. The first kappa shape index (κ1) is 17.7. The number of nitrogens with one attached hydrogen (secondary N) is 1. The lowest BCUT2D eigenvalue weighted by Gasteiger charge is -2.05. The average molecular weight is 392 g/mol. The van der Waals surface area contributed by atoms with E-state index >= 15 is 0 Å². The Morgan fingerprint density at radius 2 is 1.96 bits per heavy atom. The van der Waals surface area contributed by atoms with E-state index in [4.69, 9.17) is 11.6 Å². The molecule has 138 valence electrons. The molecule has 0 aliphatic carbocycles. The number of aromatic carboxylic acids is 1. The van der Waals surface area contributed by atoms with E-state index in [1.807, 2.05) is 30.3 Å². The van der Waals surface area contributed by atoms with Crippen LogP contribution in [0.25, 0.3) is 27.7 Å². The van der Waals surface area contributed by atoms with Crippen LogP contribution in [0.4, 0.5) is 0 Å². The Bertz CT molecular complexity index is 1280. The molecular weight excluding hydrogens is 380 g/mol. The van der Waals surface area contributed by atoms with E-state index < -0.39 is 11.5 Å². The van der Waals surface area contributed by atoms with Crippen LogP contribution in [0.1, 0.15) is 21.7 Å². The lowest BCUT2D eigenvalue weighted by Crippen LogP contribution is -2.22. The van der Waals surface area contributed by atoms with Gasteiger partial charge in [-0.05, 0) is 35.9 Å². The third-order valence-corrected chi connectivity index (χ3v) is 4.37. The number of para-hydroxylation sites is 1. The summed E-state index contributed by atoms with van der Waals surface area (Å²) in [6, 6.07) is 13.5.